The number of anilines is 1. The molecule has 1 aromatic rings. The minimum Gasteiger partial charge on any atom is -0.545 e. The standard InChI is InChI=1S/C15H14N2O4/c1-2-9-16-13(19)10-5-3-4-6-11(10)17-12(18)7-8-15(16,17)14(20)21/h2-6H,1,7-9H2,(H,20,21)/p-1/t15-/m1/s1. The van der Waals surface area contributed by atoms with E-state index in [1.54, 1.807) is 24.3 Å². The second-order valence-corrected chi connectivity index (χ2v) is 5.05. The van der Waals surface area contributed by atoms with E-state index < -0.39 is 17.5 Å². The van der Waals surface area contributed by atoms with Crippen LogP contribution in [0.5, 0.6) is 0 Å². The summed E-state index contributed by atoms with van der Waals surface area (Å²) in [5.74, 6) is -2.20. The molecule has 1 aromatic carbocycles. The molecule has 1 atom stereocenters. The zero-order chi connectivity index (χ0) is 15.2. The highest BCUT2D eigenvalue weighted by Gasteiger charge is 2.56. The van der Waals surface area contributed by atoms with E-state index in [1.165, 1.54) is 11.0 Å². The lowest BCUT2D eigenvalue weighted by atomic mass is 9.96. The Morgan fingerprint density at radius 1 is 1.38 bits per heavy atom. The van der Waals surface area contributed by atoms with E-state index in [1.807, 2.05) is 0 Å². The van der Waals surface area contributed by atoms with E-state index in [0.717, 1.165) is 4.90 Å². The third-order valence-electron chi connectivity index (χ3n) is 4.01. The number of fused-ring (bicyclic) bond motifs is 3. The first-order chi connectivity index (χ1) is 10.0. The number of rotatable bonds is 3. The summed E-state index contributed by atoms with van der Waals surface area (Å²) in [6.45, 7) is 3.59. The molecule has 2 amide bonds. The van der Waals surface area contributed by atoms with Gasteiger partial charge in [0.15, 0.2) is 5.66 Å². The Morgan fingerprint density at radius 2 is 2.10 bits per heavy atom. The van der Waals surface area contributed by atoms with Crippen LogP contribution in [0.25, 0.3) is 0 Å². The van der Waals surface area contributed by atoms with Gasteiger partial charge in [0.2, 0.25) is 5.91 Å². The van der Waals surface area contributed by atoms with Crippen LogP contribution in [0, 0.1) is 0 Å². The van der Waals surface area contributed by atoms with E-state index in [-0.39, 0.29) is 25.3 Å². The molecular weight excluding hydrogens is 272 g/mol. The molecule has 6 nitrogen and oxygen atoms in total. The van der Waals surface area contributed by atoms with Gasteiger partial charge in [0.1, 0.15) is 0 Å². The highest BCUT2D eigenvalue weighted by molar-refractivity contribution is 6.15. The van der Waals surface area contributed by atoms with Gasteiger partial charge < -0.3 is 14.8 Å². The average Bonchev–Trinajstić information content (AvgIpc) is 2.82. The molecule has 108 valence electrons. The molecule has 0 spiro atoms. The fourth-order valence-corrected chi connectivity index (χ4v) is 3.13. The Hall–Kier alpha value is -2.63. The second-order valence-electron chi connectivity index (χ2n) is 5.05. The zero-order valence-corrected chi connectivity index (χ0v) is 11.2. The summed E-state index contributed by atoms with van der Waals surface area (Å²) in [5, 5.41) is 11.8. The van der Waals surface area contributed by atoms with Gasteiger partial charge in [0, 0.05) is 19.4 Å². The molecule has 1 fully saturated rings. The first kappa shape index (κ1) is 13.4. The maximum Gasteiger partial charge on any atom is 0.258 e. The molecule has 0 N–H and O–H groups in total. The second kappa shape index (κ2) is 4.44. The fourth-order valence-electron chi connectivity index (χ4n) is 3.13. The first-order valence-electron chi connectivity index (χ1n) is 6.60. The van der Waals surface area contributed by atoms with Crippen LogP contribution in [-0.4, -0.2) is 34.9 Å². The van der Waals surface area contributed by atoms with Crippen LogP contribution >= 0.6 is 0 Å². The topological polar surface area (TPSA) is 80.8 Å². The maximum atomic E-state index is 12.6. The van der Waals surface area contributed by atoms with Gasteiger partial charge >= 0.3 is 0 Å². The molecule has 0 radical (unpaired) electrons. The quantitative estimate of drug-likeness (QED) is 0.726. The predicted octanol–water partition coefficient (Wildman–Crippen LogP) is -0.0986. The fraction of sp³-hybridized carbons (Fsp3) is 0.267. The normalized spacial score (nSPS) is 23.8. The lowest BCUT2D eigenvalue weighted by Crippen LogP contribution is -2.71. The number of amides is 2. The Bertz CT molecular complexity index is 669. The molecule has 3 rings (SSSR count). The highest BCUT2D eigenvalue weighted by Crippen LogP contribution is 2.43. The maximum absolute atomic E-state index is 12.6. The smallest absolute Gasteiger partial charge is 0.258 e. The van der Waals surface area contributed by atoms with Crippen molar-refractivity contribution < 1.29 is 19.5 Å². The number of hydrogen-bond acceptors (Lipinski definition) is 4. The molecular formula is C15H13N2O4-. The third kappa shape index (κ3) is 1.55. The molecule has 0 aromatic heterocycles. The summed E-state index contributed by atoms with van der Waals surface area (Å²) < 4.78 is 0. The van der Waals surface area contributed by atoms with Crippen molar-refractivity contribution in [2.24, 2.45) is 0 Å². The van der Waals surface area contributed by atoms with E-state index in [9.17, 15) is 19.5 Å². The Labute approximate surface area is 121 Å². The van der Waals surface area contributed by atoms with Crippen molar-refractivity contribution in [1.29, 1.82) is 0 Å². The van der Waals surface area contributed by atoms with Crippen LogP contribution < -0.4 is 10.0 Å². The molecule has 21 heavy (non-hydrogen) atoms. The SMILES string of the molecule is C=CCN1C(=O)c2ccccc2N2C(=O)CC[C@@]12C(=O)[O-]. The summed E-state index contributed by atoms with van der Waals surface area (Å²) in [6.07, 6.45) is 1.52. The van der Waals surface area contributed by atoms with Crippen molar-refractivity contribution in [3.05, 3.63) is 42.5 Å². The lowest BCUT2D eigenvalue weighted by molar-refractivity contribution is -0.317. The highest BCUT2D eigenvalue weighted by atomic mass is 16.4. The number of carboxylic acids is 1. The van der Waals surface area contributed by atoms with Crippen LogP contribution in [0.15, 0.2) is 36.9 Å². The van der Waals surface area contributed by atoms with Crippen molar-refractivity contribution in [2.75, 3.05) is 11.4 Å². The Morgan fingerprint density at radius 3 is 2.76 bits per heavy atom. The Balaban J connectivity index is 2.30. The first-order valence-corrected chi connectivity index (χ1v) is 6.60. The van der Waals surface area contributed by atoms with Crippen molar-refractivity contribution in [1.82, 2.24) is 4.90 Å². The molecule has 6 heteroatoms. The van der Waals surface area contributed by atoms with Crippen LogP contribution in [0.2, 0.25) is 0 Å². The zero-order valence-electron chi connectivity index (χ0n) is 11.2. The lowest BCUT2D eigenvalue weighted by Gasteiger charge is -2.50. The molecule has 2 heterocycles. The van der Waals surface area contributed by atoms with Gasteiger partial charge in [-0.05, 0) is 12.1 Å². The van der Waals surface area contributed by atoms with Gasteiger partial charge in [-0.15, -0.1) is 6.58 Å². The molecule has 0 saturated carbocycles. The largest absolute Gasteiger partial charge is 0.545 e. The summed E-state index contributed by atoms with van der Waals surface area (Å²) in [7, 11) is 0. The van der Waals surface area contributed by atoms with Gasteiger partial charge in [-0.2, -0.15) is 0 Å². The predicted molar refractivity (Wildman–Crippen MR) is 72.1 cm³/mol. The van der Waals surface area contributed by atoms with E-state index >= 15 is 0 Å². The van der Waals surface area contributed by atoms with Crippen LogP contribution in [0.3, 0.4) is 0 Å². The monoisotopic (exact) mass is 285 g/mol. The summed E-state index contributed by atoms with van der Waals surface area (Å²) in [5.41, 5.74) is -1.11. The number of carbonyl (C=O) groups is 3. The van der Waals surface area contributed by atoms with Crippen molar-refractivity contribution in [3.8, 4) is 0 Å². The summed E-state index contributed by atoms with van der Waals surface area (Å²) in [6, 6.07) is 6.51. The van der Waals surface area contributed by atoms with E-state index in [4.69, 9.17) is 0 Å². The molecule has 2 aliphatic heterocycles. The van der Waals surface area contributed by atoms with Gasteiger partial charge in [0.25, 0.3) is 5.91 Å². The summed E-state index contributed by atoms with van der Waals surface area (Å²) >= 11 is 0. The van der Waals surface area contributed by atoms with Crippen molar-refractivity contribution in [2.45, 2.75) is 18.5 Å². The van der Waals surface area contributed by atoms with E-state index in [0.29, 0.717) is 11.3 Å². The minimum atomic E-state index is -1.75. The average molecular weight is 285 g/mol. The summed E-state index contributed by atoms with van der Waals surface area (Å²) in [4.78, 5) is 39.0. The minimum absolute atomic E-state index is 0.0160. The number of hydrogen-bond donors (Lipinski definition) is 0. The molecule has 0 aliphatic carbocycles. The van der Waals surface area contributed by atoms with Crippen molar-refractivity contribution in [3.63, 3.8) is 0 Å². The third-order valence-corrected chi connectivity index (χ3v) is 4.01. The van der Waals surface area contributed by atoms with E-state index in [2.05, 4.69) is 6.58 Å². The van der Waals surface area contributed by atoms with Crippen molar-refractivity contribution >= 4 is 23.5 Å². The van der Waals surface area contributed by atoms with Crippen LogP contribution in [0.1, 0.15) is 23.2 Å². The Kier molecular flexibility index (Phi) is 2.83. The number of carbonyl (C=O) groups excluding carboxylic acids is 3. The molecule has 0 unspecified atom stereocenters. The molecule has 0 bridgehead atoms. The van der Waals surface area contributed by atoms with Gasteiger partial charge in [-0.1, -0.05) is 18.2 Å². The van der Waals surface area contributed by atoms with Gasteiger partial charge in [-0.3, -0.25) is 14.5 Å². The van der Waals surface area contributed by atoms with Gasteiger partial charge in [0.05, 0.1) is 17.2 Å². The number of carboxylic acid groups (broad SMARTS) is 1. The van der Waals surface area contributed by atoms with Crippen LogP contribution in [0.4, 0.5) is 5.69 Å². The van der Waals surface area contributed by atoms with Crippen LogP contribution in [-0.2, 0) is 9.59 Å². The number of nitrogens with zero attached hydrogens (tertiary/aromatic N) is 2. The molecule has 2 aliphatic rings. The number of para-hydroxylation sites is 1. The van der Waals surface area contributed by atoms with Gasteiger partial charge in [-0.25, -0.2) is 0 Å². The number of aliphatic carboxylic acids is 1. The number of benzene rings is 1. The molecule has 1 saturated heterocycles.